The van der Waals surface area contributed by atoms with Crippen LogP contribution in [0.15, 0.2) is 36.4 Å². The van der Waals surface area contributed by atoms with Gasteiger partial charge in [0.2, 0.25) is 5.91 Å². The van der Waals surface area contributed by atoms with Gasteiger partial charge in [0, 0.05) is 18.9 Å². The van der Waals surface area contributed by atoms with Crippen molar-refractivity contribution in [2.45, 2.75) is 44.1 Å². The van der Waals surface area contributed by atoms with Crippen LogP contribution in [0.2, 0.25) is 0 Å². The summed E-state index contributed by atoms with van der Waals surface area (Å²) in [6, 6.07) is 12.9. The predicted molar refractivity (Wildman–Crippen MR) is 120 cm³/mol. The number of quaternary nitrogens is 1. The molecule has 4 aliphatic heterocycles. The Morgan fingerprint density at radius 3 is 3.03 bits per heavy atom. The Labute approximate surface area is 183 Å². The van der Waals surface area contributed by atoms with Gasteiger partial charge in [-0.3, -0.25) is 4.79 Å². The topological polar surface area (TPSA) is 64.6 Å². The number of aryl methyl sites for hydroxylation is 1. The molecule has 6 heteroatoms. The lowest BCUT2D eigenvalue weighted by Gasteiger charge is -2.50. The number of likely N-dealkylation sites (tertiary alicyclic amines) is 1. The minimum atomic E-state index is -0.108. The molecular formula is C25H29N3O3. The number of para-hydroxylation sites is 2. The van der Waals surface area contributed by atoms with Gasteiger partial charge in [-0.2, -0.15) is 0 Å². The van der Waals surface area contributed by atoms with Crippen LogP contribution in [0.1, 0.15) is 41.9 Å². The van der Waals surface area contributed by atoms with E-state index in [1.54, 1.807) is 0 Å². The van der Waals surface area contributed by atoms with Crippen LogP contribution in [0.4, 0.5) is 11.4 Å². The van der Waals surface area contributed by atoms with Gasteiger partial charge in [-0.25, -0.2) is 0 Å². The molecule has 0 aliphatic carbocycles. The standard InChI is InChI=1S/C25H29N3O3/c29-23-15-27-22-10-13-28(30,16-20(22)19-8-4-9-21(26-23)24(19)27)12-2-1-5-17-6-3-7-18-11-14-31-25(17)18/h3-4,6-9,20,22H,1-2,5,10-16H2,(H,26,29)/t20-,22-,28?/m0/s1. The van der Waals surface area contributed by atoms with E-state index in [4.69, 9.17) is 4.74 Å². The van der Waals surface area contributed by atoms with Gasteiger partial charge in [0.15, 0.2) is 0 Å². The predicted octanol–water partition coefficient (Wildman–Crippen LogP) is 3.59. The summed E-state index contributed by atoms with van der Waals surface area (Å²) in [5, 5.41) is 16.6. The number of carbonyl (C=O) groups is 1. The summed E-state index contributed by atoms with van der Waals surface area (Å²) in [6.07, 6.45) is 4.79. The molecule has 4 aliphatic rings. The summed E-state index contributed by atoms with van der Waals surface area (Å²) in [5.41, 5.74) is 5.92. The van der Waals surface area contributed by atoms with Crippen molar-refractivity contribution in [3.63, 3.8) is 0 Å². The van der Waals surface area contributed by atoms with Gasteiger partial charge >= 0.3 is 0 Å². The summed E-state index contributed by atoms with van der Waals surface area (Å²) < 4.78 is 5.71. The second-order valence-electron chi connectivity index (χ2n) is 9.53. The van der Waals surface area contributed by atoms with Crippen molar-refractivity contribution in [1.82, 2.24) is 0 Å². The lowest BCUT2D eigenvalue weighted by atomic mass is 9.88. The molecule has 1 N–H and O–H groups in total. The van der Waals surface area contributed by atoms with Crippen LogP contribution < -0.4 is 15.0 Å². The van der Waals surface area contributed by atoms with E-state index in [2.05, 4.69) is 34.5 Å². The number of carbonyl (C=O) groups excluding carboxylic acids is 1. The Balaban J connectivity index is 1.12. The fourth-order valence-corrected chi connectivity index (χ4v) is 6.21. The third-order valence-electron chi connectivity index (χ3n) is 7.63. The summed E-state index contributed by atoms with van der Waals surface area (Å²) in [4.78, 5) is 14.4. The zero-order chi connectivity index (χ0) is 21.0. The Morgan fingerprint density at radius 2 is 2.10 bits per heavy atom. The third kappa shape index (κ3) is 3.20. The Hall–Kier alpha value is -2.57. The molecule has 6 nitrogen and oxygen atoms in total. The maximum absolute atomic E-state index is 13.6. The molecule has 162 valence electrons. The molecule has 4 heterocycles. The molecule has 0 aromatic heterocycles. The van der Waals surface area contributed by atoms with Crippen LogP contribution in [0.5, 0.6) is 5.75 Å². The minimum absolute atomic E-state index is 0.0510. The van der Waals surface area contributed by atoms with Crippen LogP contribution in [-0.2, 0) is 17.6 Å². The van der Waals surface area contributed by atoms with E-state index >= 15 is 0 Å². The van der Waals surface area contributed by atoms with Gasteiger partial charge in [0.1, 0.15) is 5.75 Å². The molecule has 0 saturated carbocycles. The van der Waals surface area contributed by atoms with E-state index in [0.717, 1.165) is 55.8 Å². The monoisotopic (exact) mass is 419 g/mol. The molecule has 3 atom stereocenters. The fourth-order valence-electron chi connectivity index (χ4n) is 6.21. The van der Waals surface area contributed by atoms with Gasteiger partial charge in [0.05, 0.1) is 50.1 Å². The Bertz CT molecular complexity index is 1040. The highest BCUT2D eigenvalue weighted by Gasteiger charge is 2.48. The summed E-state index contributed by atoms with van der Waals surface area (Å²) in [7, 11) is 0. The minimum Gasteiger partial charge on any atom is -0.633 e. The van der Waals surface area contributed by atoms with Gasteiger partial charge in [-0.05, 0) is 42.0 Å². The largest absolute Gasteiger partial charge is 0.633 e. The number of hydroxylamine groups is 3. The average Bonchev–Trinajstić information content (AvgIpc) is 3.36. The number of unbranched alkanes of at least 4 members (excludes halogenated alkanes) is 1. The number of rotatable bonds is 5. The van der Waals surface area contributed by atoms with E-state index in [-0.39, 0.29) is 22.5 Å². The molecule has 31 heavy (non-hydrogen) atoms. The first kappa shape index (κ1) is 19.1. The van der Waals surface area contributed by atoms with Crippen molar-refractivity contribution < 1.29 is 14.2 Å². The first-order valence-corrected chi connectivity index (χ1v) is 11.6. The number of amides is 1. The van der Waals surface area contributed by atoms with Crippen LogP contribution in [0, 0.1) is 5.21 Å². The van der Waals surface area contributed by atoms with E-state index in [0.29, 0.717) is 26.2 Å². The van der Waals surface area contributed by atoms with Gasteiger partial charge in [-0.15, -0.1) is 0 Å². The maximum Gasteiger partial charge on any atom is 0.243 e. The number of benzene rings is 2. The molecule has 1 unspecified atom stereocenters. The van der Waals surface area contributed by atoms with Gasteiger partial charge < -0.3 is 24.8 Å². The molecule has 1 fully saturated rings. The molecule has 6 rings (SSSR count). The van der Waals surface area contributed by atoms with Crippen LogP contribution >= 0.6 is 0 Å². The second-order valence-corrected chi connectivity index (χ2v) is 9.53. The Morgan fingerprint density at radius 1 is 1.19 bits per heavy atom. The quantitative estimate of drug-likeness (QED) is 0.457. The Kier molecular flexibility index (Phi) is 4.47. The number of nitrogens with one attached hydrogen (secondary N) is 1. The van der Waals surface area contributed by atoms with Crippen molar-refractivity contribution in [2.75, 3.05) is 43.0 Å². The highest BCUT2D eigenvalue weighted by molar-refractivity contribution is 6.03. The molecule has 0 spiro atoms. The van der Waals surface area contributed by atoms with E-state index in [9.17, 15) is 10.0 Å². The highest BCUT2D eigenvalue weighted by Crippen LogP contribution is 2.50. The van der Waals surface area contributed by atoms with Crippen molar-refractivity contribution >= 4 is 17.3 Å². The van der Waals surface area contributed by atoms with Gasteiger partial charge in [0.25, 0.3) is 0 Å². The van der Waals surface area contributed by atoms with Crippen LogP contribution in [0.25, 0.3) is 0 Å². The summed E-state index contributed by atoms with van der Waals surface area (Å²) in [5.74, 6) is 1.36. The number of ether oxygens (including phenoxy) is 1. The van der Waals surface area contributed by atoms with Crippen molar-refractivity contribution in [3.05, 3.63) is 58.3 Å². The maximum atomic E-state index is 13.6. The average molecular weight is 420 g/mol. The van der Waals surface area contributed by atoms with Crippen molar-refractivity contribution in [2.24, 2.45) is 0 Å². The zero-order valence-corrected chi connectivity index (χ0v) is 17.8. The molecule has 2 aromatic rings. The molecule has 2 aromatic carbocycles. The van der Waals surface area contributed by atoms with E-state index in [1.165, 1.54) is 16.7 Å². The second kappa shape index (κ2) is 7.24. The number of anilines is 2. The number of hydrogen-bond donors (Lipinski definition) is 1. The van der Waals surface area contributed by atoms with Crippen molar-refractivity contribution in [3.8, 4) is 5.75 Å². The number of piperidine rings is 1. The van der Waals surface area contributed by atoms with Crippen LogP contribution in [-0.4, -0.2) is 49.4 Å². The normalized spacial score (nSPS) is 27.9. The lowest BCUT2D eigenvalue weighted by Crippen LogP contribution is -2.56. The fraction of sp³-hybridized carbons (Fsp3) is 0.480. The SMILES string of the molecule is O=C1CN2c3c(cccc3[C@@H]3C[N+]([O-])(CCCCc4cccc5c4OCC5)CC[C@@H]32)N1. The first-order valence-electron chi connectivity index (χ1n) is 11.6. The third-order valence-corrected chi connectivity index (χ3v) is 7.63. The summed E-state index contributed by atoms with van der Waals surface area (Å²) in [6.45, 7) is 3.14. The molecule has 1 saturated heterocycles. The molecule has 1 amide bonds. The zero-order valence-electron chi connectivity index (χ0n) is 17.8. The molecule has 0 bridgehead atoms. The summed E-state index contributed by atoms with van der Waals surface area (Å²) >= 11 is 0. The van der Waals surface area contributed by atoms with Crippen molar-refractivity contribution in [1.29, 1.82) is 0 Å². The molecular weight excluding hydrogens is 390 g/mol. The highest BCUT2D eigenvalue weighted by atomic mass is 16.5. The van der Waals surface area contributed by atoms with Gasteiger partial charge in [-0.1, -0.05) is 30.3 Å². The van der Waals surface area contributed by atoms with E-state index in [1.807, 2.05) is 12.1 Å². The van der Waals surface area contributed by atoms with E-state index < -0.39 is 0 Å². The smallest absolute Gasteiger partial charge is 0.243 e. The lowest BCUT2D eigenvalue weighted by molar-refractivity contribution is -0.887. The number of hydrogen-bond acceptors (Lipinski definition) is 4. The number of nitrogens with zero attached hydrogens (tertiary/aromatic N) is 2. The number of fused-ring (bicyclic) bond motifs is 4. The van der Waals surface area contributed by atoms with Crippen LogP contribution in [0.3, 0.4) is 0 Å². The first-order chi connectivity index (χ1) is 15.1. The molecule has 0 radical (unpaired) electrons.